The van der Waals surface area contributed by atoms with E-state index in [0.717, 1.165) is 5.57 Å². The zero-order valence-electron chi connectivity index (χ0n) is 12.4. The van der Waals surface area contributed by atoms with Crippen molar-refractivity contribution in [1.82, 2.24) is 4.90 Å². The summed E-state index contributed by atoms with van der Waals surface area (Å²) in [6.45, 7) is 8.07. The molecule has 0 radical (unpaired) electrons. The third-order valence-corrected chi connectivity index (χ3v) is 2.91. The van der Waals surface area contributed by atoms with Gasteiger partial charge < -0.3 is 14.4 Å². The standard InChI is InChI=1S/C14H23NO4/c1-10-8-11(9-12(16)18-5)6-7-15(10)13(17)19-14(2,3)4/h9-10H,6-8H2,1-5H3/t10-/m0/s1. The third-order valence-electron chi connectivity index (χ3n) is 2.91. The van der Waals surface area contributed by atoms with Crippen molar-refractivity contribution in [2.45, 2.75) is 52.2 Å². The lowest BCUT2D eigenvalue weighted by Gasteiger charge is -2.35. The van der Waals surface area contributed by atoms with Gasteiger partial charge in [-0.05, 0) is 40.5 Å². The molecule has 1 heterocycles. The van der Waals surface area contributed by atoms with Crippen LogP contribution in [0, 0.1) is 0 Å². The van der Waals surface area contributed by atoms with Crippen molar-refractivity contribution in [3.8, 4) is 0 Å². The second kappa shape index (κ2) is 6.08. The topological polar surface area (TPSA) is 55.8 Å². The van der Waals surface area contributed by atoms with E-state index in [1.165, 1.54) is 13.2 Å². The summed E-state index contributed by atoms with van der Waals surface area (Å²) in [4.78, 5) is 24.9. The van der Waals surface area contributed by atoms with E-state index in [9.17, 15) is 9.59 Å². The molecular formula is C14H23NO4. The lowest BCUT2D eigenvalue weighted by atomic mass is 9.98. The Labute approximate surface area is 114 Å². The van der Waals surface area contributed by atoms with Gasteiger partial charge in [0.25, 0.3) is 0 Å². The fourth-order valence-corrected chi connectivity index (χ4v) is 2.02. The maximum absolute atomic E-state index is 12.0. The van der Waals surface area contributed by atoms with Crippen molar-refractivity contribution >= 4 is 12.1 Å². The Morgan fingerprint density at radius 2 is 2.00 bits per heavy atom. The van der Waals surface area contributed by atoms with Gasteiger partial charge in [0.05, 0.1) is 7.11 Å². The number of methoxy groups -OCH3 is 1. The largest absolute Gasteiger partial charge is 0.466 e. The van der Waals surface area contributed by atoms with Gasteiger partial charge >= 0.3 is 12.1 Å². The number of likely N-dealkylation sites (tertiary alicyclic amines) is 1. The van der Waals surface area contributed by atoms with Crippen molar-refractivity contribution < 1.29 is 19.1 Å². The Kier molecular flexibility index (Phi) is 4.97. The van der Waals surface area contributed by atoms with Gasteiger partial charge in [0.15, 0.2) is 0 Å². The van der Waals surface area contributed by atoms with E-state index in [1.807, 2.05) is 27.7 Å². The second-order valence-corrected chi connectivity index (χ2v) is 5.80. The smallest absolute Gasteiger partial charge is 0.410 e. The molecule has 1 saturated heterocycles. The SMILES string of the molecule is COC(=O)C=C1CCN(C(=O)OC(C)(C)C)[C@@H](C)C1. The highest BCUT2D eigenvalue weighted by atomic mass is 16.6. The van der Waals surface area contributed by atoms with Gasteiger partial charge in [-0.1, -0.05) is 5.57 Å². The summed E-state index contributed by atoms with van der Waals surface area (Å²) in [6, 6.07) is 0.0273. The molecule has 0 aromatic heterocycles. The number of rotatable bonds is 1. The number of hydrogen-bond acceptors (Lipinski definition) is 4. The molecular weight excluding hydrogens is 246 g/mol. The van der Waals surface area contributed by atoms with Gasteiger partial charge in [0.2, 0.25) is 0 Å². The Hall–Kier alpha value is -1.52. The first-order chi connectivity index (χ1) is 8.73. The molecule has 1 aliphatic rings. The molecule has 0 aromatic rings. The van der Waals surface area contributed by atoms with E-state index in [-0.39, 0.29) is 18.1 Å². The monoisotopic (exact) mass is 269 g/mol. The molecule has 108 valence electrons. The van der Waals surface area contributed by atoms with Crippen LogP contribution in [-0.2, 0) is 14.3 Å². The maximum atomic E-state index is 12.0. The quantitative estimate of drug-likeness (QED) is 0.542. The molecule has 0 unspecified atom stereocenters. The lowest BCUT2D eigenvalue weighted by molar-refractivity contribution is -0.134. The van der Waals surface area contributed by atoms with Crippen molar-refractivity contribution in [2.75, 3.05) is 13.7 Å². The van der Waals surface area contributed by atoms with Crippen LogP contribution in [0.5, 0.6) is 0 Å². The summed E-state index contributed by atoms with van der Waals surface area (Å²) in [7, 11) is 1.36. The third kappa shape index (κ3) is 4.93. The maximum Gasteiger partial charge on any atom is 0.410 e. The van der Waals surface area contributed by atoms with Gasteiger partial charge in [0.1, 0.15) is 5.60 Å². The zero-order chi connectivity index (χ0) is 14.6. The van der Waals surface area contributed by atoms with Gasteiger partial charge in [-0.25, -0.2) is 9.59 Å². The van der Waals surface area contributed by atoms with Crippen LogP contribution in [0.2, 0.25) is 0 Å². The van der Waals surface area contributed by atoms with E-state index < -0.39 is 5.60 Å². The molecule has 5 nitrogen and oxygen atoms in total. The second-order valence-electron chi connectivity index (χ2n) is 5.80. The van der Waals surface area contributed by atoms with Crippen molar-refractivity contribution in [3.63, 3.8) is 0 Å². The molecule has 19 heavy (non-hydrogen) atoms. The van der Waals surface area contributed by atoms with Crippen LogP contribution < -0.4 is 0 Å². The highest BCUT2D eigenvalue weighted by molar-refractivity contribution is 5.82. The highest BCUT2D eigenvalue weighted by Crippen LogP contribution is 2.24. The first-order valence-corrected chi connectivity index (χ1v) is 6.50. The summed E-state index contributed by atoms with van der Waals surface area (Å²) >= 11 is 0. The number of nitrogens with zero attached hydrogens (tertiary/aromatic N) is 1. The van der Waals surface area contributed by atoms with Crippen LogP contribution in [0.25, 0.3) is 0 Å². The number of carbonyl (C=O) groups excluding carboxylic acids is 2. The Morgan fingerprint density at radius 1 is 1.37 bits per heavy atom. The van der Waals surface area contributed by atoms with Crippen LogP contribution in [0.3, 0.4) is 0 Å². The first kappa shape index (κ1) is 15.5. The van der Waals surface area contributed by atoms with Crippen LogP contribution in [0.15, 0.2) is 11.6 Å². The average Bonchev–Trinajstić information content (AvgIpc) is 2.26. The Balaban J connectivity index is 2.62. The molecule has 5 heteroatoms. The number of carbonyl (C=O) groups is 2. The normalized spacial score (nSPS) is 22.3. The number of ether oxygens (including phenoxy) is 2. The highest BCUT2D eigenvalue weighted by Gasteiger charge is 2.29. The summed E-state index contributed by atoms with van der Waals surface area (Å²) in [5, 5.41) is 0. The minimum Gasteiger partial charge on any atom is -0.466 e. The summed E-state index contributed by atoms with van der Waals surface area (Å²) in [6.07, 6.45) is 2.58. The van der Waals surface area contributed by atoms with Gasteiger partial charge in [-0.2, -0.15) is 0 Å². The van der Waals surface area contributed by atoms with Gasteiger partial charge in [-0.15, -0.1) is 0 Å². The predicted molar refractivity (Wildman–Crippen MR) is 71.7 cm³/mol. The minimum atomic E-state index is -0.487. The van der Waals surface area contributed by atoms with Crippen molar-refractivity contribution in [1.29, 1.82) is 0 Å². The molecule has 0 aliphatic carbocycles. The van der Waals surface area contributed by atoms with E-state index in [1.54, 1.807) is 4.90 Å². The van der Waals surface area contributed by atoms with Crippen LogP contribution in [0.1, 0.15) is 40.5 Å². The minimum absolute atomic E-state index is 0.0273. The molecule has 1 aliphatic heterocycles. The number of amides is 1. The zero-order valence-corrected chi connectivity index (χ0v) is 12.4. The lowest BCUT2D eigenvalue weighted by Crippen LogP contribution is -2.45. The summed E-state index contributed by atoms with van der Waals surface area (Å²) in [5.41, 5.74) is 0.526. The molecule has 1 amide bonds. The van der Waals surface area contributed by atoms with Crippen molar-refractivity contribution in [3.05, 3.63) is 11.6 Å². The molecule has 0 saturated carbocycles. The first-order valence-electron chi connectivity index (χ1n) is 6.50. The molecule has 0 N–H and O–H groups in total. The summed E-state index contributed by atoms with van der Waals surface area (Å²) < 4.78 is 9.97. The van der Waals surface area contributed by atoms with E-state index >= 15 is 0 Å². The van der Waals surface area contributed by atoms with E-state index in [2.05, 4.69) is 4.74 Å². The Morgan fingerprint density at radius 3 is 2.47 bits per heavy atom. The molecule has 0 aromatic carbocycles. The van der Waals surface area contributed by atoms with Gasteiger partial charge in [0, 0.05) is 18.7 Å². The average molecular weight is 269 g/mol. The van der Waals surface area contributed by atoms with Crippen LogP contribution >= 0.6 is 0 Å². The number of piperidine rings is 1. The molecule has 1 atom stereocenters. The number of esters is 1. The fourth-order valence-electron chi connectivity index (χ4n) is 2.02. The fraction of sp³-hybridized carbons (Fsp3) is 0.714. The summed E-state index contributed by atoms with van der Waals surface area (Å²) in [5.74, 6) is -0.340. The van der Waals surface area contributed by atoms with Gasteiger partial charge in [-0.3, -0.25) is 0 Å². The van der Waals surface area contributed by atoms with Crippen LogP contribution in [0.4, 0.5) is 4.79 Å². The molecule has 0 spiro atoms. The van der Waals surface area contributed by atoms with Crippen LogP contribution in [-0.4, -0.2) is 42.3 Å². The molecule has 0 bridgehead atoms. The number of hydrogen-bond donors (Lipinski definition) is 0. The Bertz CT molecular complexity index is 381. The molecule has 1 rings (SSSR count). The van der Waals surface area contributed by atoms with E-state index in [4.69, 9.17) is 4.74 Å². The van der Waals surface area contributed by atoms with E-state index in [0.29, 0.717) is 19.4 Å². The molecule has 1 fully saturated rings. The predicted octanol–water partition coefficient (Wildman–Crippen LogP) is 2.51. The van der Waals surface area contributed by atoms with Crippen molar-refractivity contribution in [2.24, 2.45) is 0 Å².